The number of rotatable bonds is 4. The third-order valence-corrected chi connectivity index (χ3v) is 1.08. The second kappa shape index (κ2) is 8.56. The predicted molar refractivity (Wildman–Crippen MR) is 53.0 cm³/mol. The number of ketones is 3. The Morgan fingerprint density at radius 3 is 1.36 bits per heavy atom. The van der Waals surface area contributed by atoms with Crippen molar-refractivity contribution in [1.82, 2.24) is 0 Å². The van der Waals surface area contributed by atoms with Gasteiger partial charge in [0.1, 0.15) is 17.3 Å². The average Bonchev–Trinajstić information content (AvgIpc) is 1.79. The van der Waals surface area contributed by atoms with Crippen LogP contribution in [0.2, 0.25) is 0 Å². The van der Waals surface area contributed by atoms with Crippen molar-refractivity contribution in [3.63, 3.8) is 0 Å². The molecule has 0 rings (SSSR count). The molecule has 0 saturated carbocycles. The summed E-state index contributed by atoms with van der Waals surface area (Å²) in [6.07, 6.45) is -0.113. The molecule has 0 amide bonds. The summed E-state index contributed by atoms with van der Waals surface area (Å²) in [6.45, 7) is 5.87. The van der Waals surface area contributed by atoms with Crippen LogP contribution < -0.4 is 0 Å². The van der Waals surface area contributed by atoms with Gasteiger partial charge in [0.05, 0.1) is 12.5 Å². The van der Waals surface area contributed by atoms with E-state index in [1.54, 1.807) is 6.92 Å². The van der Waals surface area contributed by atoms with Crippen molar-refractivity contribution in [3.8, 4) is 0 Å². The van der Waals surface area contributed by atoms with Crippen LogP contribution in [0.15, 0.2) is 0 Å². The molecule has 4 heteroatoms. The lowest BCUT2D eigenvalue weighted by Gasteiger charge is -1.95. The predicted octanol–water partition coefficient (Wildman–Crippen LogP) is 0.901. The number of aliphatic hydroxyl groups is 1. The molecule has 1 atom stereocenters. The van der Waals surface area contributed by atoms with E-state index >= 15 is 0 Å². The Morgan fingerprint density at radius 1 is 1.00 bits per heavy atom. The highest BCUT2D eigenvalue weighted by Crippen LogP contribution is 1.87. The monoisotopic (exact) mass is 202 g/mol. The van der Waals surface area contributed by atoms with Gasteiger partial charge in [-0.3, -0.25) is 14.4 Å². The van der Waals surface area contributed by atoms with Gasteiger partial charge in [-0.25, -0.2) is 0 Å². The molecular formula is C10H18O4. The van der Waals surface area contributed by atoms with Crippen LogP contribution in [-0.4, -0.2) is 28.6 Å². The van der Waals surface area contributed by atoms with Crippen LogP contribution in [0.4, 0.5) is 0 Å². The minimum atomic E-state index is -0.475. The van der Waals surface area contributed by atoms with E-state index in [1.165, 1.54) is 20.8 Å². The third kappa shape index (κ3) is 22.4. The van der Waals surface area contributed by atoms with Crippen molar-refractivity contribution in [3.05, 3.63) is 0 Å². The lowest BCUT2D eigenvalue weighted by molar-refractivity contribution is -0.124. The van der Waals surface area contributed by atoms with Crippen LogP contribution in [-0.2, 0) is 14.4 Å². The van der Waals surface area contributed by atoms with Crippen molar-refractivity contribution >= 4 is 17.3 Å². The quantitative estimate of drug-likeness (QED) is 0.687. The highest BCUT2D eigenvalue weighted by Gasteiger charge is 1.97. The van der Waals surface area contributed by atoms with Gasteiger partial charge in [-0.1, -0.05) is 0 Å². The van der Waals surface area contributed by atoms with Crippen LogP contribution >= 0.6 is 0 Å². The SMILES string of the molecule is CC(=O)CC(C)=O.CC(=O)C[C@@H](C)O. The topological polar surface area (TPSA) is 71.4 Å². The maximum atomic E-state index is 10.1. The first-order chi connectivity index (χ1) is 6.25. The third-order valence-electron chi connectivity index (χ3n) is 1.08. The molecule has 0 fully saturated rings. The van der Waals surface area contributed by atoms with Gasteiger partial charge < -0.3 is 5.11 Å². The maximum Gasteiger partial charge on any atom is 0.137 e. The average molecular weight is 202 g/mol. The number of carbonyl (C=O) groups is 3. The van der Waals surface area contributed by atoms with E-state index in [1.807, 2.05) is 0 Å². The van der Waals surface area contributed by atoms with E-state index in [0.717, 1.165) is 0 Å². The molecule has 0 aliphatic carbocycles. The summed E-state index contributed by atoms with van der Waals surface area (Å²) in [5, 5.41) is 8.50. The van der Waals surface area contributed by atoms with E-state index in [2.05, 4.69) is 0 Å². The normalized spacial score (nSPS) is 10.9. The van der Waals surface area contributed by atoms with Gasteiger partial charge in [0.15, 0.2) is 0 Å². The minimum Gasteiger partial charge on any atom is -0.393 e. The summed E-state index contributed by atoms with van der Waals surface area (Å²) in [5.41, 5.74) is 0. The Hall–Kier alpha value is -1.03. The number of aliphatic hydroxyl groups excluding tert-OH is 1. The maximum absolute atomic E-state index is 10.1. The second-order valence-electron chi connectivity index (χ2n) is 3.34. The van der Waals surface area contributed by atoms with Crippen molar-refractivity contribution in [2.24, 2.45) is 0 Å². The van der Waals surface area contributed by atoms with E-state index in [9.17, 15) is 14.4 Å². The Bertz CT molecular complexity index is 194. The molecule has 1 N–H and O–H groups in total. The van der Waals surface area contributed by atoms with Gasteiger partial charge in [-0.2, -0.15) is 0 Å². The smallest absolute Gasteiger partial charge is 0.137 e. The number of hydrogen-bond donors (Lipinski definition) is 1. The standard InChI is InChI=1S/C5H10O2.C5H8O2/c2*1-4(6)3-5(2)7/h4,6H,3H2,1-2H3;3H2,1-2H3/t4-;/m1./s1. The Morgan fingerprint density at radius 2 is 1.36 bits per heavy atom. The van der Waals surface area contributed by atoms with Crippen LogP contribution in [0.3, 0.4) is 0 Å². The highest BCUT2D eigenvalue weighted by molar-refractivity contribution is 5.96. The molecule has 0 saturated heterocycles. The molecule has 0 aliphatic heterocycles. The molecule has 4 nitrogen and oxygen atoms in total. The largest absolute Gasteiger partial charge is 0.393 e. The fourth-order valence-electron chi connectivity index (χ4n) is 0.767. The Balaban J connectivity index is 0. The zero-order valence-corrected chi connectivity index (χ0v) is 9.16. The molecule has 0 aromatic heterocycles. The van der Waals surface area contributed by atoms with Gasteiger partial charge >= 0.3 is 0 Å². The van der Waals surface area contributed by atoms with Gasteiger partial charge in [0.2, 0.25) is 0 Å². The summed E-state index contributed by atoms with van der Waals surface area (Å²) >= 11 is 0. The molecule has 0 aromatic rings. The van der Waals surface area contributed by atoms with Crippen LogP contribution in [0, 0.1) is 0 Å². The van der Waals surface area contributed by atoms with Gasteiger partial charge in [-0.15, -0.1) is 0 Å². The summed E-state index contributed by atoms with van der Waals surface area (Å²) in [5.74, 6) is -0.0880. The van der Waals surface area contributed by atoms with E-state index in [4.69, 9.17) is 5.11 Å². The van der Waals surface area contributed by atoms with Crippen LogP contribution in [0.5, 0.6) is 0 Å². The summed E-state index contributed by atoms with van der Waals surface area (Å²) in [4.78, 5) is 30.2. The van der Waals surface area contributed by atoms with Gasteiger partial charge in [-0.05, 0) is 27.7 Å². The van der Waals surface area contributed by atoms with Crippen molar-refractivity contribution in [2.45, 2.75) is 46.6 Å². The zero-order valence-electron chi connectivity index (χ0n) is 9.16. The Labute approximate surface area is 84.3 Å². The minimum absolute atomic E-state index is 0.0370. The van der Waals surface area contributed by atoms with Crippen molar-refractivity contribution in [1.29, 1.82) is 0 Å². The molecular weight excluding hydrogens is 184 g/mol. The Kier molecular flexibility index (Phi) is 9.45. The first-order valence-corrected chi connectivity index (χ1v) is 4.42. The van der Waals surface area contributed by atoms with E-state index in [0.29, 0.717) is 0 Å². The second-order valence-corrected chi connectivity index (χ2v) is 3.34. The first-order valence-electron chi connectivity index (χ1n) is 4.42. The van der Waals surface area contributed by atoms with Crippen LogP contribution in [0.25, 0.3) is 0 Å². The molecule has 0 radical (unpaired) electrons. The van der Waals surface area contributed by atoms with Gasteiger partial charge in [0.25, 0.3) is 0 Å². The molecule has 0 aliphatic rings. The van der Waals surface area contributed by atoms with Gasteiger partial charge in [0, 0.05) is 6.42 Å². The fourth-order valence-corrected chi connectivity index (χ4v) is 0.767. The van der Waals surface area contributed by atoms with E-state index < -0.39 is 6.10 Å². The number of carbonyl (C=O) groups excluding carboxylic acids is 3. The summed E-state index contributed by atoms with van der Waals surface area (Å²) in [6, 6.07) is 0. The molecule has 0 spiro atoms. The molecule has 14 heavy (non-hydrogen) atoms. The molecule has 0 heterocycles. The molecule has 82 valence electrons. The fraction of sp³-hybridized carbons (Fsp3) is 0.700. The van der Waals surface area contributed by atoms with Crippen LogP contribution in [0.1, 0.15) is 40.5 Å². The highest BCUT2D eigenvalue weighted by atomic mass is 16.3. The zero-order chi connectivity index (χ0) is 11.7. The molecule has 0 aromatic carbocycles. The first kappa shape index (κ1) is 15.4. The summed E-state index contributed by atoms with van der Waals surface area (Å²) in [7, 11) is 0. The van der Waals surface area contributed by atoms with Crippen molar-refractivity contribution < 1.29 is 19.5 Å². The van der Waals surface area contributed by atoms with Crippen molar-refractivity contribution in [2.75, 3.05) is 0 Å². The lowest BCUT2D eigenvalue weighted by atomic mass is 10.2. The lowest BCUT2D eigenvalue weighted by Crippen LogP contribution is -2.04. The number of Topliss-reactive ketones (excluding diaryl/α,β-unsaturated/α-hetero) is 3. The molecule has 0 bridgehead atoms. The summed E-state index contributed by atoms with van der Waals surface area (Å²) < 4.78 is 0. The molecule has 0 unspecified atom stereocenters. The van der Waals surface area contributed by atoms with E-state index in [-0.39, 0.29) is 30.2 Å². The number of hydrogen-bond acceptors (Lipinski definition) is 4.